The van der Waals surface area contributed by atoms with E-state index in [4.69, 9.17) is 0 Å². The van der Waals surface area contributed by atoms with Crippen LogP contribution < -0.4 is 0 Å². The van der Waals surface area contributed by atoms with Crippen LogP contribution in [-0.4, -0.2) is 24.7 Å². The van der Waals surface area contributed by atoms with E-state index in [1.807, 2.05) is 0 Å². The molecule has 0 aliphatic heterocycles. The van der Waals surface area contributed by atoms with Gasteiger partial charge in [0.25, 0.3) is 0 Å². The van der Waals surface area contributed by atoms with Crippen LogP contribution in [0.3, 0.4) is 0 Å². The molecule has 2 aromatic heterocycles. The molecule has 0 bridgehead atoms. The molecule has 2 heterocycles. The highest BCUT2D eigenvalue weighted by Crippen LogP contribution is 1.98. The topological polar surface area (TPSA) is 56.5 Å². The van der Waals surface area contributed by atoms with E-state index in [1.165, 1.54) is 6.33 Å². The van der Waals surface area contributed by atoms with Gasteiger partial charge in [-0.1, -0.05) is 0 Å². The molecule has 0 saturated carbocycles. The van der Waals surface area contributed by atoms with Gasteiger partial charge >= 0.3 is 0 Å². The Bertz CT molecular complexity index is 314. The van der Waals surface area contributed by atoms with Gasteiger partial charge in [0.2, 0.25) is 0 Å². The van der Waals surface area contributed by atoms with Crippen molar-refractivity contribution >= 4 is 0 Å². The zero-order valence-electron chi connectivity index (χ0n) is 5.62. The monoisotopic (exact) mass is 147 g/mol. The van der Waals surface area contributed by atoms with Crippen LogP contribution in [0.25, 0.3) is 5.69 Å². The Morgan fingerprint density at radius 1 is 1.00 bits per heavy atom. The van der Waals surface area contributed by atoms with Gasteiger partial charge in [0.1, 0.15) is 19.0 Å². The highest BCUT2D eigenvalue weighted by atomic mass is 15.2. The molecule has 54 valence electrons. The first-order valence-corrected chi connectivity index (χ1v) is 3.07. The fourth-order valence-corrected chi connectivity index (χ4v) is 0.759. The molecule has 0 fully saturated rings. The second kappa shape index (κ2) is 2.45. The SMILES string of the molecule is c1ncc(-n2cnnc2)cn1. The van der Waals surface area contributed by atoms with Crippen molar-refractivity contribution in [1.29, 1.82) is 0 Å². The number of aromatic nitrogens is 5. The summed E-state index contributed by atoms with van der Waals surface area (Å²) >= 11 is 0. The Morgan fingerprint density at radius 2 is 1.64 bits per heavy atom. The van der Waals surface area contributed by atoms with Crippen LogP contribution in [0.4, 0.5) is 0 Å². The summed E-state index contributed by atoms with van der Waals surface area (Å²) in [4.78, 5) is 7.71. The Kier molecular flexibility index (Phi) is 1.33. The van der Waals surface area contributed by atoms with Crippen molar-refractivity contribution in [3.8, 4) is 5.69 Å². The van der Waals surface area contributed by atoms with Crippen LogP contribution in [0, 0.1) is 0 Å². The molecule has 0 aliphatic carbocycles. The van der Waals surface area contributed by atoms with Crippen molar-refractivity contribution in [3.63, 3.8) is 0 Å². The van der Waals surface area contributed by atoms with Crippen molar-refractivity contribution < 1.29 is 0 Å². The Hall–Kier alpha value is -1.78. The first-order valence-electron chi connectivity index (χ1n) is 3.07. The molecule has 0 atom stereocenters. The second-order valence-electron chi connectivity index (χ2n) is 1.97. The average Bonchev–Trinajstić information content (AvgIpc) is 2.58. The maximum atomic E-state index is 3.85. The van der Waals surface area contributed by atoms with Gasteiger partial charge in [0, 0.05) is 0 Å². The number of hydrogen-bond acceptors (Lipinski definition) is 4. The predicted octanol–water partition coefficient (Wildman–Crippen LogP) is 0.0573. The third-order valence-corrected chi connectivity index (χ3v) is 1.26. The first kappa shape index (κ1) is 5.96. The summed E-state index contributed by atoms with van der Waals surface area (Å²) in [5.41, 5.74) is 0.859. The fourth-order valence-electron chi connectivity index (χ4n) is 0.759. The Labute approximate surface area is 62.8 Å². The molecule has 0 unspecified atom stereocenters. The van der Waals surface area contributed by atoms with E-state index in [1.54, 1.807) is 29.6 Å². The van der Waals surface area contributed by atoms with Crippen molar-refractivity contribution in [1.82, 2.24) is 24.7 Å². The summed E-state index contributed by atoms with van der Waals surface area (Å²) in [6.07, 6.45) is 8.05. The average molecular weight is 147 g/mol. The minimum absolute atomic E-state index is 0.859. The molecule has 0 aliphatic rings. The molecular formula is C6H5N5. The molecule has 0 N–H and O–H groups in total. The van der Waals surface area contributed by atoms with Gasteiger partial charge in [0.05, 0.1) is 18.1 Å². The second-order valence-corrected chi connectivity index (χ2v) is 1.97. The van der Waals surface area contributed by atoms with Crippen molar-refractivity contribution in [2.75, 3.05) is 0 Å². The zero-order valence-corrected chi connectivity index (χ0v) is 5.62. The van der Waals surface area contributed by atoms with Crippen molar-refractivity contribution in [2.45, 2.75) is 0 Å². The third kappa shape index (κ3) is 1.07. The van der Waals surface area contributed by atoms with Crippen molar-refractivity contribution in [3.05, 3.63) is 31.4 Å². The minimum atomic E-state index is 0.859. The van der Waals surface area contributed by atoms with Gasteiger partial charge < -0.3 is 0 Å². The van der Waals surface area contributed by atoms with Gasteiger partial charge in [-0.25, -0.2) is 9.97 Å². The van der Waals surface area contributed by atoms with Gasteiger partial charge in [-0.15, -0.1) is 10.2 Å². The molecule has 0 amide bonds. The quantitative estimate of drug-likeness (QED) is 0.572. The zero-order chi connectivity index (χ0) is 7.52. The van der Waals surface area contributed by atoms with Crippen molar-refractivity contribution in [2.24, 2.45) is 0 Å². The summed E-state index contributed by atoms with van der Waals surface area (Å²) in [7, 11) is 0. The van der Waals surface area contributed by atoms with Gasteiger partial charge in [-0.2, -0.15) is 0 Å². The largest absolute Gasteiger partial charge is 0.285 e. The summed E-state index contributed by atoms with van der Waals surface area (Å²) in [5.74, 6) is 0. The maximum Gasteiger partial charge on any atom is 0.124 e. The van der Waals surface area contributed by atoms with E-state index < -0.39 is 0 Å². The molecule has 0 saturated heterocycles. The smallest absolute Gasteiger partial charge is 0.124 e. The first-order chi connectivity index (χ1) is 5.47. The Balaban J connectivity index is 2.46. The van der Waals surface area contributed by atoms with E-state index in [0.717, 1.165) is 5.69 Å². The number of nitrogens with zero attached hydrogens (tertiary/aromatic N) is 5. The lowest BCUT2D eigenvalue weighted by molar-refractivity contribution is 1.00. The van der Waals surface area contributed by atoms with Gasteiger partial charge in [0.15, 0.2) is 0 Å². The normalized spacial score (nSPS) is 9.82. The maximum absolute atomic E-state index is 3.85. The standard InChI is InChI=1S/C6H5N5/c1-6(2-8-3-7-1)11-4-9-10-5-11/h1-5H. The molecular weight excluding hydrogens is 142 g/mol. The molecule has 2 rings (SSSR count). The van der Waals surface area contributed by atoms with E-state index in [-0.39, 0.29) is 0 Å². The lowest BCUT2D eigenvalue weighted by atomic mass is 10.5. The molecule has 0 spiro atoms. The van der Waals surface area contributed by atoms with E-state index >= 15 is 0 Å². The summed E-state index contributed by atoms with van der Waals surface area (Å²) < 4.78 is 1.74. The Morgan fingerprint density at radius 3 is 2.27 bits per heavy atom. The molecule has 5 nitrogen and oxygen atoms in total. The van der Waals surface area contributed by atoms with Crippen LogP contribution >= 0.6 is 0 Å². The summed E-state index contributed by atoms with van der Waals surface area (Å²) in [6.45, 7) is 0. The third-order valence-electron chi connectivity index (χ3n) is 1.26. The lowest BCUT2D eigenvalue weighted by Crippen LogP contribution is -1.91. The van der Waals surface area contributed by atoms with Crippen LogP contribution in [0.2, 0.25) is 0 Å². The molecule has 2 aromatic rings. The molecule has 11 heavy (non-hydrogen) atoms. The van der Waals surface area contributed by atoms with Crippen LogP contribution in [0.1, 0.15) is 0 Å². The molecule has 0 radical (unpaired) electrons. The number of rotatable bonds is 1. The predicted molar refractivity (Wildman–Crippen MR) is 36.9 cm³/mol. The van der Waals surface area contributed by atoms with E-state index in [9.17, 15) is 0 Å². The molecule has 5 heteroatoms. The summed E-state index contributed by atoms with van der Waals surface area (Å²) in [5, 5.41) is 7.31. The molecule has 0 aromatic carbocycles. The highest BCUT2D eigenvalue weighted by molar-refractivity contribution is 5.22. The highest BCUT2D eigenvalue weighted by Gasteiger charge is 1.92. The van der Waals surface area contributed by atoms with E-state index in [2.05, 4.69) is 20.2 Å². The van der Waals surface area contributed by atoms with Crippen LogP contribution in [-0.2, 0) is 0 Å². The number of hydrogen-bond donors (Lipinski definition) is 0. The fraction of sp³-hybridized carbons (Fsp3) is 0. The van der Waals surface area contributed by atoms with Crippen LogP contribution in [0.5, 0.6) is 0 Å². The lowest BCUT2D eigenvalue weighted by Gasteiger charge is -1.95. The minimum Gasteiger partial charge on any atom is -0.285 e. The van der Waals surface area contributed by atoms with Gasteiger partial charge in [-0.3, -0.25) is 4.57 Å². The van der Waals surface area contributed by atoms with Crippen LogP contribution in [0.15, 0.2) is 31.4 Å². The summed E-state index contributed by atoms with van der Waals surface area (Å²) in [6, 6.07) is 0. The van der Waals surface area contributed by atoms with E-state index in [0.29, 0.717) is 0 Å². The van der Waals surface area contributed by atoms with Gasteiger partial charge in [-0.05, 0) is 0 Å².